The molecule has 0 aromatic heterocycles. The van der Waals surface area contributed by atoms with Crippen LogP contribution in [0.1, 0.15) is 13.3 Å². The Hall–Kier alpha value is 0.580. The fourth-order valence-electron chi connectivity index (χ4n) is 0.543. The third-order valence-electron chi connectivity index (χ3n) is 0.997. The number of rotatable bonds is 4. The predicted molar refractivity (Wildman–Crippen MR) is 51.3 cm³/mol. The van der Waals surface area contributed by atoms with Crippen LogP contribution in [-0.4, -0.2) is 23.3 Å². The average Bonchev–Trinajstić information content (AvgIpc) is 1.85. The molecule has 6 heteroatoms. The summed E-state index contributed by atoms with van der Waals surface area (Å²) in [5.41, 5.74) is 0. The molecule has 0 rings (SSSR count). The number of hydrogen-bond acceptors (Lipinski definition) is 3. The maximum absolute atomic E-state index is 10.4. The fourth-order valence-corrected chi connectivity index (χ4v) is 0.747. The van der Waals surface area contributed by atoms with Gasteiger partial charge in [-0.1, -0.05) is 4.32 Å². The van der Waals surface area contributed by atoms with Crippen LogP contribution in [-0.2, 0) is 17.4 Å². The fraction of sp³-hybridized carbons (Fsp3) is 0.667. The Labute approximate surface area is 106 Å². The molecular weight excluding hydrogens is 203 g/mol. The van der Waals surface area contributed by atoms with E-state index in [-0.39, 0.29) is 35.5 Å². The van der Waals surface area contributed by atoms with E-state index in [1.165, 1.54) is 6.92 Å². The maximum Gasteiger partial charge on any atom is 1.00 e. The van der Waals surface area contributed by atoms with Crippen LogP contribution < -0.4 is 40.2 Å². The summed E-state index contributed by atoms with van der Waals surface area (Å²) in [6, 6.07) is 0. The van der Waals surface area contributed by atoms with Crippen molar-refractivity contribution in [1.82, 2.24) is 10.6 Å². The number of amides is 1. The van der Waals surface area contributed by atoms with Crippen molar-refractivity contribution in [3.63, 3.8) is 0 Å². The van der Waals surface area contributed by atoms with Gasteiger partial charge in [0, 0.05) is 20.0 Å². The zero-order valence-corrected chi connectivity index (χ0v) is 11.0. The molecule has 12 heavy (non-hydrogen) atoms. The van der Waals surface area contributed by atoms with E-state index in [1.54, 1.807) is 0 Å². The van der Waals surface area contributed by atoms with Gasteiger partial charge < -0.3 is 35.5 Å². The minimum absolute atomic E-state index is 0. The molecule has 3 nitrogen and oxygen atoms in total. The standard InChI is InChI=1S/C6H12N2OS2.Na/c1-5(9)7-3-2-4-8-6(10)11;/h2-4H2,1H3,(H,7,9)(H2,8,10,11);/q;+1/p-1. The summed E-state index contributed by atoms with van der Waals surface area (Å²) in [6.45, 7) is 2.88. The molecule has 0 heterocycles. The van der Waals surface area contributed by atoms with Gasteiger partial charge in [0.1, 0.15) is 0 Å². The van der Waals surface area contributed by atoms with Crippen LogP contribution in [0.15, 0.2) is 0 Å². The van der Waals surface area contributed by atoms with E-state index >= 15 is 0 Å². The van der Waals surface area contributed by atoms with Gasteiger partial charge in [-0.25, -0.2) is 0 Å². The number of thiocarbonyl (C=S) groups is 1. The Kier molecular flexibility index (Phi) is 12.1. The van der Waals surface area contributed by atoms with Crippen molar-refractivity contribution in [2.24, 2.45) is 0 Å². The Morgan fingerprint density at radius 3 is 2.33 bits per heavy atom. The molecular formula is C6H11N2NaOS2. The van der Waals surface area contributed by atoms with Crippen molar-refractivity contribution in [3.05, 3.63) is 0 Å². The quantitative estimate of drug-likeness (QED) is 0.226. The summed E-state index contributed by atoms with van der Waals surface area (Å²) in [5.74, 6) is -0.00838. The Balaban J connectivity index is 0. The molecule has 0 aliphatic rings. The molecule has 0 radical (unpaired) electrons. The van der Waals surface area contributed by atoms with Crippen molar-refractivity contribution >= 4 is 35.1 Å². The van der Waals surface area contributed by atoms with Crippen LogP contribution in [0.5, 0.6) is 0 Å². The molecule has 0 bridgehead atoms. The summed E-state index contributed by atoms with van der Waals surface area (Å²) < 4.78 is 0.382. The Morgan fingerprint density at radius 2 is 1.92 bits per heavy atom. The zero-order chi connectivity index (χ0) is 8.69. The third-order valence-corrected chi connectivity index (χ3v) is 1.29. The van der Waals surface area contributed by atoms with Gasteiger partial charge in [0.05, 0.1) is 0 Å². The average molecular weight is 214 g/mol. The molecule has 1 amide bonds. The molecule has 2 N–H and O–H groups in total. The smallest absolute Gasteiger partial charge is 0.412 e. The van der Waals surface area contributed by atoms with Gasteiger partial charge in [-0.15, -0.1) is 0 Å². The molecule has 0 aliphatic carbocycles. The second kappa shape index (κ2) is 9.67. The van der Waals surface area contributed by atoms with Crippen molar-refractivity contribution in [2.45, 2.75) is 13.3 Å². The molecule has 0 aromatic rings. The van der Waals surface area contributed by atoms with E-state index < -0.39 is 0 Å². The first kappa shape index (κ1) is 15.1. The van der Waals surface area contributed by atoms with Crippen LogP contribution in [0, 0.1) is 0 Å². The van der Waals surface area contributed by atoms with E-state index in [2.05, 4.69) is 35.5 Å². The molecule has 0 atom stereocenters. The molecule has 0 aromatic carbocycles. The molecule has 0 saturated carbocycles. The summed E-state index contributed by atoms with van der Waals surface area (Å²) >= 11 is 9.23. The van der Waals surface area contributed by atoms with Gasteiger partial charge in [0.2, 0.25) is 5.91 Å². The summed E-state index contributed by atoms with van der Waals surface area (Å²) in [5, 5.41) is 5.48. The van der Waals surface area contributed by atoms with E-state index in [1.807, 2.05) is 0 Å². The number of hydrogen-bond donors (Lipinski definition) is 2. The van der Waals surface area contributed by atoms with Crippen LogP contribution in [0.3, 0.4) is 0 Å². The van der Waals surface area contributed by atoms with Crippen molar-refractivity contribution in [1.29, 1.82) is 0 Å². The third kappa shape index (κ3) is 13.2. The molecule has 0 spiro atoms. The first-order valence-corrected chi connectivity index (χ1v) is 4.14. The van der Waals surface area contributed by atoms with Gasteiger partial charge >= 0.3 is 29.6 Å². The Morgan fingerprint density at radius 1 is 1.42 bits per heavy atom. The number of carbonyl (C=O) groups excluding carboxylic acids is 1. The number of carbonyl (C=O) groups is 1. The monoisotopic (exact) mass is 214 g/mol. The van der Waals surface area contributed by atoms with Crippen molar-refractivity contribution < 1.29 is 34.4 Å². The van der Waals surface area contributed by atoms with Gasteiger partial charge in [-0.2, -0.15) is 0 Å². The van der Waals surface area contributed by atoms with Crippen molar-refractivity contribution in [3.8, 4) is 0 Å². The van der Waals surface area contributed by atoms with E-state index in [9.17, 15) is 4.79 Å². The second-order valence-corrected chi connectivity index (χ2v) is 3.13. The van der Waals surface area contributed by atoms with Gasteiger partial charge in [-0.05, 0) is 6.42 Å². The molecule has 0 aliphatic heterocycles. The van der Waals surface area contributed by atoms with Gasteiger partial charge in [0.25, 0.3) is 0 Å². The molecule has 0 unspecified atom stereocenters. The topological polar surface area (TPSA) is 41.1 Å². The normalized spacial score (nSPS) is 8.08. The predicted octanol–water partition coefficient (Wildman–Crippen LogP) is -3.06. The number of nitrogens with one attached hydrogen (secondary N) is 2. The molecule has 64 valence electrons. The zero-order valence-electron chi connectivity index (χ0n) is 7.35. The summed E-state index contributed by atoms with van der Waals surface area (Å²) in [4.78, 5) is 10.4. The van der Waals surface area contributed by atoms with Crippen molar-refractivity contribution in [2.75, 3.05) is 13.1 Å². The molecule has 0 fully saturated rings. The van der Waals surface area contributed by atoms with Crippen LogP contribution in [0.25, 0.3) is 0 Å². The van der Waals surface area contributed by atoms with Gasteiger partial charge in [0.15, 0.2) is 0 Å². The molecule has 0 saturated heterocycles. The summed E-state index contributed by atoms with van der Waals surface area (Å²) in [6.07, 6.45) is 0.844. The largest absolute Gasteiger partial charge is 1.00 e. The van der Waals surface area contributed by atoms with E-state index in [0.29, 0.717) is 10.9 Å². The van der Waals surface area contributed by atoms with Crippen LogP contribution in [0.4, 0.5) is 0 Å². The van der Waals surface area contributed by atoms with Crippen LogP contribution >= 0.6 is 12.2 Å². The SMILES string of the molecule is CC(=O)NCCCNC(=S)[S-].[Na+]. The van der Waals surface area contributed by atoms with E-state index in [0.717, 1.165) is 13.0 Å². The van der Waals surface area contributed by atoms with Crippen LogP contribution in [0.2, 0.25) is 0 Å². The minimum Gasteiger partial charge on any atom is -0.412 e. The van der Waals surface area contributed by atoms with Gasteiger partial charge in [-0.3, -0.25) is 4.79 Å². The first-order valence-electron chi connectivity index (χ1n) is 3.32. The summed E-state index contributed by atoms with van der Waals surface area (Å²) in [7, 11) is 0. The second-order valence-electron chi connectivity index (χ2n) is 2.05. The maximum atomic E-state index is 10.4. The van der Waals surface area contributed by atoms with E-state index in [4.69, 9.17) is 0 Å². The first-order chi connectivity index (χ1) is 5.13. The minimum atomic E-state index is -0.00838. The Bertz CT molecular complexity index is 138.